The Morgan fingerprint density at radius 1 is 1.14 bits per heavy atom. The molecule has 0 unspecified atom stereocenters. The minimum Gasteiger partial charge on any atom is -0.497 e. The van der Waals surface area contributed by atoms with Crippen LogP contribution in [-0.4, -0.2) is 31.1 Å². The van der Waals surface area contributed by atoms with Crippen LogP contribution in [0.25, 0.3) is 0 Å². The van der Waals surface area contributed by atoms with Gasteiger partial charge in [-0.1, -0.05) is 23.8 Å². The number of ether oxygens (including phenoxy) is 1. The van der Waals surface area contributed by atoms with E-state index in [9.17, 15) is 4.79 Å². The monoisotopic (exact) mass is 379 g/mol. The Morgan fingerprint density at radius 3 is 2.82 bits per heavy atom. The first-order valence-corrected chi connectivity index (χ1v) is 10.0. The maximum absolute atomic E-state index is 12.3. The summed E-state index contributed by atoms with van der Waals surface area (Å²) in [5.74, 6) is 0.676. The zero-order valence-electron chi connectivity index (χ0n) is 16.5. The van der Waals surface area contributed by atoms with Crippen molar-refractivity contribution in [2.24, 2.45) is 0 Å². The van der Waals surface area contributed by atoms with Gasteiger partial charge in [0.15, 0.2) is 0 Å². The van der Waals surface area contributed by atoms with E-state index in [1.54, 1.807) is 24.9 Å². The number of carbonyl (C=O) groups is 1. The number of rotatable bonds is 9. The number of pyridine rings is 1. The van der Waals surface area contributed by atoms with Gasteiger partial charge < -0.3 is 15.4 Å². The number of nitrogens with one attached hydrogen (secondary N) is 2. The number of carbonyl (C=O) groups excluding carboxylic acids is 1. The van der Waals surface area contributed by atoms with Gasteiger partial charge in [0, 0.05) is 13.1 Å². The number of amides is 1. The van der Waals surface area contributed by atoms with Gasteiger partial charge in [-0.3, -0.25) is 4.79 Å². The van der Waals surface area contributed by atoms with E-state index in [-0.39, 0.29) is 5.91 Å². The van der Waals surface area contributed by atoms with Gasteiger partial charge in [0.2, 0.25) is 0 Å². The van der Waals surface area contributed by atoms with E-state index in [1.807, 2.05) is 30.3 Å². The van der Waals surface area contributed by atoms with Crippen molar-refractivity contribution in [1.82, 2.24) is 10.3 Å². The molecule has 1 heterocycles. The second-order valence-corrected chi connectivity index (χ2v) is 7.07. The predicted octanol–water partition coefficient (Wildman–Crippen LogP) is 4.37. The van der Waals surface area contributed by atoms with Crippen molar-refractivity contribution in [3.63, 3.8) is 0 Å². The van der Waals surface area contributed by atoms with Crippen molar-refractivity contribution < 1.29 is 9.53 Å². The molecule has 5 nitrogen and oxygen atoms in total. The first kappa shape index (κ1) is 19.9. The molecule has 0 aliphatic heterocycles. The van der Waals surface area contributed by atoms with Crippen LogP contribution in [0, 0.1) is 0 Å². The van der Waals surface area contributed by atoms with Crippen molar-refractivity contribution >= 4 is 11.6 Å². The predicted molar refractivity (Wildman–Crippen MR) is 113 cm³/mol. The lowest BCUT2D eigenvalue weighted by Crippen LogP contribution is -2.26. The summed E-state index contributed by atoms with van der Waals surface area (Å²) in [7, 11) is 1.65. The van der Waals surface area contributed by atoms with Crippen LogP contribution < -0.4 is 15.4 Å². The number of methoxy groups -OCH3 is 1. The molecule has 1 aliphatic carbocycles. The number of aromatic nitrogens is 1. The minimum absolute atomic E-state index is 0.151. The Hall–Kier alpha value is -2.82. The maximum Gasteiger partial charge on any atom is 0.269 e. The lowest BCUT2D eigenvalue weighted by molar-refractivity contribution is 0.0949. The highest BCUT2D eigenvalue weighted by molar-refractivity contribution is 5.92. The second-order valence-electron chi connectivity index (χ2n) is 7.07. The topological polar surface area (TPSA) is 63.2 Å². The summed E-state index contributed by atoms with van der Waals surface area (Å²) in [5, 5.41) is 6.31. The SMILES string of the molecule is COc1cccc(CCNC(=O)c2ccc(NCCC3=CCCCC3)cn2)c1. The van der Waals surface area contributed by atoms with Crippen LogP contribution in [0.3, 0.4) is 0 Å². The van der Waals surface area contributed by atoms with Crippen molar-refractivity contribution in [3.05, 3.63) is 65.5 Å². The minimum atomic E-state index is -0.151. The Morgan fingerprint density at radius 2 is 2.07 bits per heavy atom. The van der Waals surface area contributed by atoms with Gasteiger partial charge >= 0.3 is 0 Å². The Bertz CT molecular complexity index is 800. The molecular weight excluding hydrogens is 350 g/mol. The van der Waals surface area contributed by atoms with E-state index < -0.39 is 0 Å². The highest BCUT2D eigenvalue weighted by Gasteiger charge is 2.07. The van der Waals surface area contributed by atoms with E-state index in [2.05, 4.69) is 21.7 Å². The highest BCUT2D eigenvalue weighted by atomic mass is 16.5. The van der Waals surface area contributed by atoms with Crippen LogP contribution in [0.2, 0.25) is 0 Å². The molecule has 0 saturated carbocycles. The van der Waals surface area contributed by atoms with Crippen LogP contribution in [0.15, 0.2) is 54.2 Å². The van der Waals surface area contributed by atoms with Crippen LogP contribution in [0.4, 0.5) is 5.69 Å². The van der Waals surface area contributed by atoms with E-state index in [1.165, 1.54) is 25.7 Å². The van der Waals surface area contributed by atoms with Crippen LogP contribution in [0.1, 0.15) is 48.2 Å². The fourth-order valence-corrected chi connectivity index (χ4v) is 3.37. The van der Waals surface area contributed by atoms with Crippen LogP contribution in [0.5, 0.6) is 5.75 Å². The number of allylic oxidation sites excluding steroid dienone is 1. The van der Waals surface area contributed by atoms with Crippen molar-refractivity contribution in [2.75, 3.05) is 25.5 Å². The zero-order valence-corrected chi connectivity index (χ0v) is 16.5. The molecule has 0 atom stereocenters. The average molecular weight is 380 g/mol. The van der Waals surface area contributed by atoms with E-state index in [0.717, 1.165) is 36.4 Å². The quantitative estimate of drug-likeness (QED) is 0.635. The molecule has 148 valence electrons. The molecule has 3 rings (SSSR count). The molecule has 2 aromatic rings. The summed E-state index contributed by atoms with van der Waals surface area (Å²) in [4.78, 5) is 16.6. The molecule has 0 radical (unpaired) electrons. The third-order valence-electron chi connectivity index (χ3n) is 4.99. The first-order chi connectivity index (χ1) is 13.7. The van der Waals surface area contributed by atoms with E-state index >= 15 is 0 Å². The van der Waals surface area contributed by atoms with E-state index in [4.69, 9.17) is 4.74 Å². The van der Waals surface area contributed by atoms with E-state index in [0.29, 0.717) is 12.2 Å². The number of hydrogen-bond acceptors (Lipinski definition) is 4. The fraction of sp³-hybridized carbons (Fsp3) is 0.391. The molecule has 2 N–H and O–H groups in total. The molecule has 0 spiro atoms. The van der Waals surface area contributed by atoms with Crippen molar-refractivity contribution in [1.29, 1.82) is 0 Å². The third-order valence-corrected chi connectivity index (χ3v) is 4.99. The van der Waals surface area contributed by atoms with Gasteiger partial charge in [-0.2, -0.15) is 0 Å². The number of nitrogens with zero attached hydrogens (tertiary/aromatic N) is 1. The Kier molecular flexibility index (Phi) is 7.47. The smallest absolute Gasteiger partial charge is 0.269 e. The van der Waals surface area contributed by atoms with Crippen molar-refractivity contribution in [2.45, 2.75) is 38.5 Å². The van der Waals surface area contributed by atoms with Gasteiger partial charge in [-0.25, -0.2) is 4.98 Å². The van der Waals surface area contributed by atoms with Crippen molar-refractivity contribution in [3.8, 4) is 5.75 Å². The van der Waals surface area contributed by atoms with Gasteiger partial charge in [-0.05, 0) is 68.4 Å². The summed E-state index contributed by atoms with van der Waals surface area (Å²) in [6.07, 6.45) is 11.0. The second kappa shape index (κ2) is 10.5. The number of anilines is 1. The summed E-state index contributed by atoms with van der Waals surface area (Å²) in [5.41, 5.74) is 4.06. The molecule has 28 heavy (non-hydrogen) atoms. The summed E-state index contributed by atoms with van der Waals surface area (Å²) in [6, 6.07) is 11.6. The molecular formula is C23H29N3O2. The molecule has 1 amide bonds. The summed E-state index contributed by atoms with van der Waals surface area (Å²) < 4.78 is 5.22. The van der Waals surface area contributed by atoms with Gasteiger partial charge in [-0.15, -0.1) is 0 Å². The van der Waals surface area contributed by atoms with Gasteiger partial charge in [0.05, 0.1) is 19.0 Å². The maximum atomic E-state index is 12.3. The third kappa shape index (κ3) is 6.12. The molecule has 1 aromatic heterocycles. The molecule has 1 aromatic carbocycles. The molecule has 0 saturated heterocycles. The van der Waals surface area contributed by atoms with Gasteiger partial charge in [0.1, 0.15) is 11.4 Å². The first-order valence-electron chi connectivity index (χ1n) is 10.0. The highest BCUT2D eigenvalue weighted by Crippen LogP contribution is 2.20. The molecule has 0 fully saturated rings. The Labute approximate surface area is 167 Å². The zero-order chi connectivity index (χ0) is 19.6. The standard InChI is InChI=1S/C23H29N3O2/c1-28-21-9-5-8-19(16-21)13-15-25-23(27)22-11-10-20(17-26-22)24-14-12-18-6-3-2-4-7-18/h5-6,8-11,16-17,24H,2-4,7,12-15H2,1H3,(H,25,27). The number of hydrogen-bond donors (Lipinski definition) is 2. The summed E-state index contributed by atoms with van der Waals surface area (Å²) >= 11 is 0. The summed E-state index contributed by atoms with van der Waals surface area (Å²) in [6.45, 7) is 1.46. The molecule has 0 bridgehead atoms. The largest absolute Gasteiger partial charge is 0.497 e. The number of benzene rings is 1. The van der Waals surface area contributed by atoms with Crippen LogP contribution >= 0.6 is 0 Å². The lowest BCUT2D eigenvalue weighted by atomic mass is 9.97. The lowest BCUT2D eigenvalue weighted by Gasteiger charge is -2.13. The Balaban J connectivity index is 1.40. The van der Waals surface area contributed by atoms with Gasteiger partial charge in [0.25, 0.3) is 5.91 Å². The molecule has 1 aliphatic rings. The van der Waals surface area contributed by atoms with Crippen LogP contribution in [-0.2, 0) is 6.42 Å². The fourth-order valence-electron chi connectivity index (χ4n) is 3.37. The average Bonchev–Trinajstić information content (AvgIpc) is 2.75. The molecule has 5 heteroatoms. The normalized spacial score (nSPS) is 13.5.